The van der Waals surface area contributed by atoms with Gasteiger partial charge in [-0.15, -0.1) is 0 Å². The van der Waals surface area contributed by atoms with Crippen molar-refractivity contribution in [3.8, 4) is 0 Å². The van der Waals surface area contributed by atoms with Crippen LogP contribution < -0.4 is 10.6 Å². The predicted molar refractivity (Wildman–Crippen MR) is 95.9 cm³/mol. The molecule has 1 fully saturated rings. The fraction of sp³-hybridized carbons (Fsp3) is 0.500. The van der Waals surface area contributed by atoms with Gasteiger partial charge >= 0.3 is 6.03 Å². The molecule has 2 amide bonds. The molecule has 3 rings (SSSR count). The van der Waals surface area contributed by atoms with Crippen LogP contribution in [0.5, 0.6) is 0 Å². The average molecular weight is 360 g/mol. The van der Waals surface area contributed by atoms with E-state index in [4.69, 9.17) is 0 Å². The molecule has 0 atom stereocenters. The number of aromatic nitrogens is 3. The number of urea groups is 1. The van der Waals surface area contributed by atoms with Crippen LogP contribution in [0, 0.1) is 5.82 Å². The van der Waals surface area contributed by atoms with Crippen LogP contribution in [0.15, 0.2) is 30.6 Å². The predicted octanol–water partition coefficient (Wildman–Crippen LogP) is 1.46. The van der Waals surface area contributed by atoms with Crippen molar-refractivity contribution in [2.75, 3.05) is 19.6 Å². The molecule has 1 aromatic heterocycles. The number of hydrogen-bond acceptors (Lipinski definition) is 4. The van der Waals surface area contributed by atoms with E-state index in [0.29, 0.717) is 13.0 Å². The molecule has 0 saturated carbocycles. The molecule has 1 aromatic carbocycles. The molecule has 0 spiro atoms. The summed E-state index contributed by atoms with van der Waals surface area (Å²) in [7, 11) is 1.83. The van der Waals surface area contributed by atoms with Crippen molar-refractivity contribution in [3.05, 3.63) is 47.8 Å². The maximum atomic E-state index is 13.3. The van der Waals surface area contributed by atoms with Gasteiger partial charge in [-0.3, -0.25) is 9.58 Å². The second-order valence-corrected chi connectivity index (χ2v) is 6.63. The average Bonchev–Trinajstić information content (AvgIpc) is 3.02. The molecule has 1 aliphatic rings. The number of nitrogens with one attached hydrogen (secondary N) is 2. The van der Waals surface area contributed by atoms with Crippen LogP contribution >= 0.6 is 0 Å². The van der Waals surface area contributed by atoms with E-state index < -0.39 is 0 Å². The highest BCUT2D eigenvalue weighted by molar-refractivity contribution is 5.74. The van der Waals surface area contributed by atoms with Gasteiger partial charge in [0.25, 0.3) is 0 Å². The van der Waals surface area contributed by atoms with Crippen LogP contribution in [0.3, 0.4) is 0 Å². The highest BCUT2D eigenvalue weighted by Gasteiger charge is 2.20. The Bertz CT molecular complexity index is 726. The molecule has 7 nitrogen and oxygen atoms in total. The summed E-state index contributed by atoms with van der Waals surface area (Å²) < 4.78 is 15.0. The van der Waals surface area contributed by atoms with Gasteiger partial charge in [-0.1, -0.05) is 12.1 Å². The molecule has 8 heteroatoms. The third-order valence-corrected chi connectivity index (χ3v) is 4.66. The fourth-order valence-electron chi connectivity index (χ4n) is 3.20. The summed E-state index contributed by atoms with van der Waals surface area (Å²) in [6.07, 6.45) is 3.95. The lowest BCUT2D eigenvalue weighted by Gasteiger charge is -2.32. The Labute approximate surface area is 152 Å². The summed E-state index contributed by atoms with van der Waals surface area (Å²) in [5.74, 6) is 0.646. The largest absolute Gasteiger partial charge is 0.338 e. The summed E-state index contributed by atoms with van der Waals surface area (Å²) in [5, 5.41) is 9.90. The Morgan fingerprint density at radius 1 is 1.35 bits per heavy atom. The number of rotatable bonds is 6. The molecule has 140 valence electrons. The lowest BCUT2D eigenvalue weighted by atomic mass is 10.0. The molecule has 0 unspecified atom stereocenters. The molecule has 0 bridgehead atoms. The minimum Gasteiger partial charge on any atom is -0.338 e. The smallest absolute Gasteiger partial charge is 0.315 e. The quantitative estimate of drug-likeness (QED) is 0.818. The number of carbonyl (C=O) groups is 1. The second kappa shape index (κ2) is 8.75. The number of benzene rings is 1. The highest BCUT2D eigenvalue weighted by atomic mass is 19.1. The normalized spacial score (nSPS) is 15.8. The maximum absolute atomic E-state index is 13.3. The van der Waals surface area contributed by atoms with Crippen LogP contribution in [0.25, 0.3) is 0 Å². The van der Waals surface area contributed by atoms with Crippen LogP contribution in [0.4, 0.5) is 9.18 Å². The fourth-order valence-corrected chi connectivity index (χ4v) is 3.20. The first-order valence-corrected chi connectivity index (χ1v) is 8.94. The lowest BCUT2D eigenvalue weighted by Crippen LogP contribution is -2.48. The molecule has 0 aliphatic carbocycles. The molecule has 26 heavy (non-hydrogen) atoms. The summed E-state index contributed by atoms with van der Waals surface area (Å²) in [6, 6.07) is 6.75. The number of piperidine rings is 1. The second-order valence-electron chi connectivity index (χ2n) is 6.63. The van der Waals surface area contributed by atoms with E-state index in [2.05, 4.69) is 25.6 Å². The van der Waals surface area contributed by atoms with E-state index in [1.54, 1.807) is 16.8 Å². The first-order valence-electron chi connectivity index (χ1n) is 8.94. The number of amides is 2. The van der Waals surface area contributed by atoms with Crippen molar-refractivity contribution in [2.45, 2.75) is 31.8 Å². The van der Waals surface area contributed by atoms with Crippen LogP contribution in [0.2, 0.25) is 0 Å². The SMILES string of the molecule is Cn1ncnc1CCNC(=O)NC1CCN(Cc2cccc(F)c2)CC1. The molecule has 2 aromatic rings. The third kappa shape index (κ3) is 5.26. The van der Waals surface area contributed by atoms with Gasteiger partial charge in [-0.2, -0.15) is 5.10 Å². The van der Waals surface area contributed by atoms with Crippen molar-refractivity contribution < 1.29 is 9.18 Å². The monoisotopic (exact) mass is 360 g/mol. The van der Waals surface area contributed by atoms with Gasteiger partial charge in [-0.25, -0.2) is 14.2 Å². The van der Waals surface area contributed by atoms with Gasteiger partial charge in [0.05, 0.1) is 0 Å². The van der Waals surface area contributed by atoms with Gasteiger partial charge in [0.15, 0.2) is 0 Å². The van der Waals surface area contributed by atoms with Crippen LogP contribution in [-0.2, 0) is 20.0 Å². The Kier molecular flexibility index (Phi) is 6.17. The number of nitrogens with zero attached hydrogens (tertiary/aromatic N) is 4. The van der Waals surface area contributed by atoms with E-state index in [9.17, 15) is 9.18 Å². The highest BCUT2D eigenvalue weighted by Crippen LogP contribution is 2.14. The number of likely N-dealkylation sites (tertiary alicyclic amines) is 1. The van der Waals surface area contributed by atoms with Gasteiger partial charge in [-0.05, 0) is 30.5 Å². The standard InChI is InChI=1S/C18H25FN6O/c1-24-17(21-13-22-24)5-8-20-18(26)23-16-6-9-25(10-7-16)12-14-3-2-4-15(19)11-14/h2-4,11,13,16H,5-10,12H2,1H3,(H2,20,23,26). The van der Waals surface area contributed by atoms with Crippen molar-refractivity contribution >= 4 is 6.03 Å². The summed E-state index contributed by atoms with van der Waals surface area (Å²) in [5.41, 5.74) is 0.984. The Balaban J connectivity index is 1.34. The van der Waals surface area contributed by atoms with E-state index in [0.717, 1.165) is 43.9 Å². The summed E-state index contributed by atoms with van der Waals surface area (Å²) >= 11 is 0. The van der Waals surface area contributed by atoms with Gasteiger partial charge in [0, 0.05) is 45.7 Å². The van der Waals surface area contributed by atoms with E-state index in [-0.39, 0.29) is 17.9 Å². The molecule has 2 heterocycles. The summed E-state index contributed by atoms with van der Waals surface area (Å²) in [4.78, 5) is 18.4. The lowest BCUT2D eigenvalue weighted by molar-refractivity contribution is 0.186. The van der Waals surface area contributed by atoms with Crippen molar-refractivity contribution in [3.63, 3.8) is 0 Å². The third-order valence-electron chi connectivity index (χ3n) is 4.66. The Hall–Kier alpha value is -2.48. The first kappa shape index (κ1) is 18.3. The van der Waals surface area contributed by atoms with Gasteiger partial charge in [0.1, 0.15) is 18.0 Å². The number of hydrogen-bond donors (Lipinski definition) is 2. The molecule has 1 saturated heterocycles. The van der Waals surface area contributed by atoms with Crippen molar-refractivity contribution in [1.82, 2.24) is 30.3 Å². The van der Waals surface area contributed by atoms with Gasteiger partial charge in [0.2, 0.25) is 0 Å². The van der Waals surface area contributed by atoms with Crippen molar-refractivity contribution in [2.24, 2.45) is 7.05 Å². The minimum absolute atomic E-state index is 0.143. The molecular weight excluding hydrogens is 335 g/mol. The zero-order valence-electron chi connectivity index (χ0n) is 15.0. The van der Waals surface area contributed by atoms with Crippen LogP contribution in [-0.4, -0.2) is 51.4 Å². The zero-order chi connectivity index (χ0) is 18.4. The van der Waals surface area contributed by atoms with Crippen LogP contribution in [0.1, 0.15) is 24.2 Å². The number of aryl methyl sites for hydroxylation is 1. The molecule has 1 aliphatic heterocycles. The molecule has 2 N–H and O–H groups in total. The van der Waals surface area contributed by atoms with Gasteiger partial charge < -0.3 is 10.6 Å². The summed E-state index contributed by atoms with van der Waals surface area (Å²) in [6.45, 7) is 3.05. The Morgan fingerprint density at radius 3 is 2.85 bits per heavy atom. The molecule has 0 radical (unpaired) electrons. The minimum atomic E-state index is -0.197. The van der Waals surface area contributed by atoms with E-state index in [1.807, 2.05) is 13.1 Å². The first-order chi connectivity index (χ1) is 12.6. The maximum Gasteiger partial charge on any atom is 0.315 e. The number of halogens is 1. The Morgan fingerprint density at radius 2 is 2.15 bits per heavy atom. The molecular formula is C18H25FN6O. The number of carbonyl (C=O) groups excluding carboxylic acids is 1. The van der Waals surface area contributed by atoms with Crippen molar-refractivity contribution in [1.29, 1.82) is 0 Å². The topological polar surface area (TPSA) is 75.1 Å². The van der Waals surface area contributed by atoms with E-state index >= 15 is 0 Å². The van der Waals surface area contributed by atoms with E-state index in [1.165, 1.54) is 12.4 Å². The zero-order valence-corrected chi connectivity index (χ0v) is 15.0.